The highest BCUT2D eigenvalue weighted by atomic mass is 15.0. The van der Waals surface area contributed by atoms with E-state index in [-0.39, 0.29) is 0 Å². The Balaban J connectivity index is 1.23. The molecular weight excluding hydrogens is 550 g/mol. The minimum Gasteiger partial charge on any atom is -0.309 e. The predicted molar refractivity (Wildman–Crippen MR) is 181 cm³/mol. The molecule has 45 heavy (non-hydrogen) atoms. The van der Waals surface area contributed by atoms with Gasteiger partial charge in [0.05, 0.1) is 22.7 Å². The molecule has 0 amide bonds. The SMILES string of the molecule is N#Cc1cc(-c2ccc(-c3nc(-c4ccccc4)nc(-c4ccccc4)n3)cc2)cc(-n2c3ccccc3c3ccccc32)c1. The van der Waals surface area contributed by atoms with Gasteiger partial charge in [0.2, 0.25) is 0 Å². The molecule has 0 fully saturated rings. The molecule has 8 rings (SSSR count). The van der Waals surface area contributed by atoms with Gasteiger partial charge < -0.3 is 4.57 Å². The fourth-order valence-corrected chi connectivity index (χ4v) is 5.92. The summed E-state index contributed by atoms with van der Waals surface area (Å²) in [6.07, 6.45) is 0. The van der Waals surface area contributed by atoms with Crippen molar-refractivity contribution in [3.05, 3.63) is 157 Å². The molecule has 0 bridgehead atoms. The Morgan fingerprint density at radius 2 is 0.867 bits per heavy atom. The van der Waals surface area contributed by atoms with E-state index in [1.165, 1.54) is 10.8 Å². The fourth-order valence-electron chi connectivity index (χ4n) is 5.92. The molecule has 2 aromatic heterocycles. The molecular formula is C40H25N5. The van der Waals surface area contributed by atoms with Gasteiger partial charge in [0.1, 0.15) is 0 Å². The van der Waals surface area contributed by atoms with Crippen molar-refractivity contribution in [1.29, 1.82) is 5.26 Å². The van der Waals surface area contributed by atoms with Gasteiger partial charge in [-0.25, -0.2) is 15.0 Å². The molecule has 0 saturated heterocycles. The average molecular weight is 576 g/mol. The van der Waals surface area contributed by atoms with E-state index in [1.807, 2.05) is 84.9 Å². The van der Waals surface area contributed by atoms with E-state index in [9.17, 15) is 5.26 Å². The molecule has 6 aromatic carbocycles. The first kappa shape index (κ1) is 26.3. The summed E-state index contributed by atoms with van der Waals surface area (Å²) in [5, 5.41) is 12.4. The summed E-state index contributed by atoms with van der Waals surface area (Å²) in [6, 6.07) is 53.4. The van der Waals surface area contributed by atoms with Crippen molar-refractivity contribution >= 4 is 21.8 Å². The molecule has 210 valence electrons. The highest BCUT2D eigenvalue weighted by molar-refractivity contribution is 6.09. The second-order valence-corrected chi connectivity index (χ2v) is 10.9. The number of fused-ring (bicyclic) bond motifs is 3. The van der Waals surface area contributed by atoms with Crippen molar-refractivity contribution in [3.8, 4) is 57.0 Å². The third-order valence-corrected chi connectivity index (χ3v) is 8.06. The molecule has 0 atom stereocenters. The number of hydrogen-bond acceptors (Lipinski definition) is 4. The molecule has 2 heterocycles. The molecule has 0 N–H and O–H groups in total. The van der Waals surface area contributed by atoms with E-state index in [0.29, 0.717) is 23.0 Å². The molecule has 0 spiro atoms. The lowest BCUT2D eigenvalue weighted by Gasteiger charge is -2.12. The number of aromatic nitrogens is 4. The summed E-state index contributed by atoms with van der Waals surface area (Å²) in [6.45, 7) is 0. The Kier molecular flexibility index (Phi) is 6.44. The minimum absolute atomic E-state index is 0.603. The summed E-state index contributed by atoms with van der Waals surface area (Å²) >= 11 is 0. The quantitative estimate of drug-likeness (QED) is 0.205. The fraction of sp³-hybridized carbons (Fsp3) is 0. The number of benzene rings is 6. The molecule has 0 radical (unpaired) electrons. The number of nitrogens with zero attached hydrogens (tertiary/aromatic N) is 5. The lowest BCUT2D eigenvalue weighted by atomic mass is 10.0. The van der Waals surface area contributed by atoms with Crippen LogP contribution in [0.5, 0.6) is 0 Å². The molecule has 8 aromatic rings. The van der Waals surface area contributed by atoms with Crippen molar-refractivity contribution in [2.24, 2.45) is 0 Å². The zero-order valence-electron chi connectivity index (χ0n) is 24.2. The van der Waals surface area contributed by atoms with E-state index in [4.69, 9.17) is 15.0 Å². The predicted octanol–water partition coefficient (Wildman–Crippen LogP) is 9.51. The molecule has 0 aliphatic heterocycles. The molecule has 5 heteroatoms. The third kappa shape index (κ3) is 4.81. The monoisotopic (exact) mass is 575 g/mol. The summed E-state index contributed by atoms with van der Waals surface area (Å²) in [5.74, 6) is 1.85. The van der Waals surface area contributed by atoms with Gasteiger partial charge in [0, 0.05) is 33.2 Å². The topological polar surface area (TPSA) is 67.4 Å². The second-order valence-electron chi connectivity index (χ2n) is 10.9. The van der Waals surface area contributed by atoms with Gasteiger partial charge in [-0.15, -0.1) is 0 Å². The van der Waals surface area contributed by atoms with Crippen LogP contribution in [0.3, 0.4) is 0 Å². The zero-order chi connectivity index (χ0) is 30.2. The maximum absolute atomic E-state index is 10.0. The van der Waals surface area contributed by atoms with Crippen molar-refractivity contribution in [1.82, 2.24) is 19.5 Å². The van der Waals surface area contributed by atoms with Crippen LogP contribution in [0.1, 0.15) is 5.56 Å². The van der Waals surface area contributed by atoms with Crippen molar-refractivity contribution in [2.45, 2.75) is 0 Å². The molecule has 5 nitrogen and oxygen atoms in total. The van der Waals surface area contributed by atoms with Gasteiger partial charge in [-0.05, 0) is 41.5 Å². The van der Waals surface area contributed by atoms with Crippen molar-refractivity contribution < 1.29 is 0 Å². The van der Waals surface area contributed by atoms with E-state index < -0.39 is 0 Å². The normalized spacial score (nSPS) is 11.1. The van der Waals surface area contributed by atoms with Gasteiger partial charge >= 0.3 is 0 Å². The summed E-state index contributed by atoms with van der Waals surface area (Å²) < 4.78 is 2.24. The number of nitriles is 1. The average Bonchev–Trinajstić information content (AvgIpc) is 3.46. The van der Waals surface area contributed by atoms with Crippen LogP contribution in [0.2, 0.25) is 0 Å². The Hall–Kier alpha value is -6.38. The minimum atomic E-state index is 0.603. The van der Waals surface area contributed by atoms with E-state index in [0.717, 1.165) is 44.5 Å². The lowest BCUT2D eigenvalue weighted by molar-refractivity contribution is 1.07. The molecule has 0 unspecified atom stereocenters. The Labute approximate surface area is 260 Å². The van der Waals surface area contributed by atoms with Gasteiger partial charge in [-0.2, -0.15) is 5.26 Å². The number of rotatable bonds is 5. The first-order chi connectivity index (χ1) is 22.2. The first-order valence-corrected chi connectivity index (χ1v) is 14.8. The van der Waals surface area contributed by atoms with E-state index in [2.05, 4.69) is 77.4 Å². The Morgan fingerprint density at radius 1 is 0.422 bits per heavy atom. The second kappa shape index (κ2) is 11.0. The zero-order valence-corrected chi connectivity index (χ0v) is 24.2. The van der Waals surface area contributed by atoms with Crippen LogP contribution < -0.4 is 0 Å². The van der Waals surface area contributed by atoms with Crippen LogP contribution in [-0.2, 0) is 0 Å². The largest absolute Gasteiger partial charge is 0.309 e. The van der Waals surface area contributed by atoms with Crippen LogP contribution in [-0.4, -0.2) is 19.5 Å². The van der Waals surface area contributed by atoms with Gasteiger partial charge in [0.15, 0.2) is 17.5 Å². The maximum atomic E-state index is 10.0. The number of hydrogen-bond donors (Lipinski definition) is 0. The van der Waals surface area contributed by atoms with Gasteiger partial charge in [0.25, 0.3) is 0 Å². The van der Waals surface area contributed by atoms with Crippen LogP contribution >= 0.6 is 0 Å². The Morgan fingerprint density at radius 3 is 1.38 bits per heavy atom. The Bertz CT molecular complexity index is 2260. The van der Waals surface area contributed by atoms with Crippen LogP contribution in [0, 0.1) is 11.3 Å². The van der Waals surface area contributed by atoms with Gasteiger partial charge in [-0.3, -0.25) is 0 Å². The lowest BCUT2D eigenvalue weighted by Crippen LogP contribution is -2.00. The van der Waals surface area contributed by atoms with E-state index >= 15 is 0 Å². The summed E-state index contributed by atoms with van der Waals surface area (Å²) in [7, 11) is 0. The summed E-state index contributed by atoms with van der Waals surface area (Å²) in [5.41, 5.74) is 8.47. The number of para-hydroxylation sites is 2. The standard InChI is InChI=1S/C40H25N5/c41-26-27-23-32(25-33(24-27)45-36-17-9-7-15-34(36)35-16-8-10-18-37(35)45)28-19-21-31(22-20-28)40-43-38(29-11-3-1-4-12-29)42-39(44-40)30-13-5-2-6-14-30/h1-25H. The van der Waals surface area contributed by atoms with Crippen LogP contribution in [0.4, 0.5) is 0 Å². The van der Waals surface area contributed by atoms with E-state index in [1.54, 1.807) is 0 Å². The molecule has 0 aliphatic rings. The third-order valence-electron chi connectivity index (χ3n) is 8.06. The highest BCUT2D eigenvalue weighted by Gasteiger charge is 2.15. The summed E-state index contributed by atoms with van der Waals surface area (Å²) in [4.78, 5) is 14.5. The highest BCUT2D eigenvalue weighted by Crippen LogP contribution is 2.34. The van der Waals surface area contributed by atoms with Crippen molar-refractivity contribution in [3.63, 3.8) is 0 Å². The molecule has 0 aliphatic carbocycles. The van der Waals surface area contributed by atoms with Gasteiger partial charge in [-0.1, -0.05) is 121 Å². The first-order valence-electron chi connectivity index (χ1n) is 14.8. The van der Waals surface area contributed by atoms with Crippen LogP contribution in [0.25, 0.3) is 72.8 Å². The molecule has 0 saturated carbocycles. The smallest absolute Gasteiger partial charge is 0.164 e. The van der Waals surface area contributed by atoms with Crippen LogP contribution in [0.15, 0.2) is 152 Å². The van der Waals surface area contributed by atoms with Crippen molar-refractivity contribution in [2.75, 3.05) is 0 Å². The maximum Gasteiger partial charge on any atom is 0.164 e.